The number of carbonyl (C=O) groups excluding carboxylic acids is 1. The van der Waals surface area contributed by atoms with E-state index in [4.69, 9.17) is 16.6 Å². The average Bonchev–Trinajstić information content (AvgIpc) is 3.32. The number of amides is 1. The Labute approximate surface area is 161 Å². The van der Waals surface area contributed by atoms with Crippen LogP contribution in [0.4, 0.5) is 5.69 Å². The topological polar surface area (TPSA) is 63.1 Å². The van der Waals surface area contributed by atoms with Crippen LogP contribution >= 0.6 is 11.6 Å². The van der Waals surface area contributed by atoms with E-state index < -0.39 is 0 Å². The molecule has 3 aromatic rings. The number of hydrogen-bond acceptors (Lipinski definition) is 4. The van der Waals surface area contributed by atoms with Crippen LogP contribution in [-0.4, -0.2) is 33.5 Å². The molecule has 0 bridgehead atoms. The zero-order chi connectivity index (χ0) is 18.2. The van der Waals surface area contributed by atoms with Crippen molar-refractivity contribution in [3.05, 3.63) is 53.1 Å². The molecule has 1 saturated heterocycles. The summed E-state index contributed by atoms with van der Waals surface area (Å²) >= 11 is 6.18. The lowest BCUT2D eigenvalue weighted by Gasteiger charge is -2.31. The number of halogens is 1. The van der Waals surface area contributed by atoms with E-state index in [1.54, 1.807) is 6.20 Å². The third kappa shape index (κ3) is 2.08. The van der Waals surface area contributed by atoms with Gasteiger partial charge in [-0.2, -0.15) is 0 Å². The Bertz CT molecular complexity index is 1100. The highest BCUT2D eigenvalue weighted by atomic mass is 35.5. The molecular formula is C20H18ClN5O. The van der Waals surface area contributed by atoms with Crippen molar-refractivity contribution in [1.29, 1.82) is 0 Å². The zero-order valence-corrected chi connectivity index (χ0v) is 15.4. The van der Waals surface area contributed by atoms with Crippen LogP contribution in [-0.2, 0) is 16.8 Å². The molecule has 4 heterocycles. The number of hydrogen-bond donors (Lipinski definition) is 1. The lowest BCUT2D eigenvalue weighted by atomic mass is 9.99. The Balaban J connectivity index is 1.47. The molecule has 0 unspecified atom stereocenters. The number of aromatic nitrogens is 3. The van der Waals surface area contributed by atoms with Crippen LogP contribution in [0.1, 0.15) is 30.3 Å². The molecule has 2 aliphatic heterocycles. The lowest BCUT2D eigenvalue weighted by Crippen LogP contribution is -2.44. The second kappa shape index (κ2) is 5.30. The van der Waals surface area contributed by atoms with E-state index >= 15 is 0 Å². The summed E-state index contributed by atoms with van der Waals surface area (Å²) in [4.78, 5) is 24.2. The minimum Gasteiger partial charge on any atom is -0.321 e. The molecule has 6 nitrogen and oxygen atoms in total. The Hall–Kier alpha value is -2.44. The molecule has 1 N–H and O–H groups in total. The molecule has 1 amide bonds. The standard InChI is InChI=1S/C20H18ClN5O/c21-12-1-2-16-15(7-12)24-18(26(16)13-8-23-9-13)11-25-17-10-22-6-3-14(17)20(4-5-20)19(25)27/h1-3,6-7,10,13,23H,4-5,8-9,11H2. The molecule has 7 heteroatoms. The number of nitrogens with one attached hydrogen (secondary N) is 1. The van der Waals surface area contributed by atoms with Gasteiger partial charge in [-0.05, 0) is 42.7 Å². The van der Waals surface area contributed by atoms with Crippen LogP contribution in [0.15, 0.2) is 36.7 Å². The maximum absolute atomic E-state index is 13.2. The summed E-state index contributed by atoms with van der Waals surface area (Å²) in [5.74, 6) is 1.09. The molecule has 2 aromatic heterocycles. The number of rotatable bonds is 3. The van der Waals surface area contributed by atoms with Gasteiger partial charge in [0.15, 0.2) is 0 Å². The predicted octanol–water partition coefficient (Wildman–Crippen LogP) is 2.81. The summed E-state index contributed by atoms with van der Waals surface area (Å²) in [7, 11) is 0. The second-order valence-electron chi connectivity index (χ2n) is 7.71. The van der Waals surface area contributed by atoms with E-state index in [2.05, 4.69) is 14.9 Å². The van der Waals surface area contributed by atoms with Crippen molar-refractivity contribution in [2.24, 2.45) is 0 Å². The highest BCUT2D eigenvalue weighted by molar-refractivity contribution is 6.31. The summed E-state index contributed by atoms with van der Waals surface area (Å²) < 4.78 is 2.27. The van der Waals surface area contributed by atoms with Crippen LogP contribution in [0.3, 0.4) is 0 Å². The molecule has 1 aromatic carbocycles. The first-order chi connectivity index (χ1) is 13.2. The van der Waals surface area contributed by atoms with E-state index in [1.807, 2.05) is 35.4 Å². The normalized spacial score (nSPS) is 20.3. The minimum atomic E-state index is -0.309. The van der Waals surface area contributed by atoms with Gasteiger partial charge >= 0.3 is 0 Å². The maximum atomic E-state index is 13.2. The molecule has 27 heavy (non-hydrogen) atoms. The molecule has 1 aliphatic carbocycles. The number of pyridine rings is 1. The Morgan fingerprint density at radius 1 is 1.26 bits per heavy atom. The largest absolute Gasteiger partial charge is 0.321 e. The van der Waals surface area contributed by atoms with Gasteiger partial charge in [0.25, 0.3) is 0 Å². The maximum Gasteiger partial charge on any atom is 0.238 e. The number of imidazole rings is 1. The molecule has 136 valence electrons. The van der Waals surface area contributed by atoms with Gasteiger partial charge < -0.3 is 14.8 Å². The third-order valence-electron chi connectivity index (χ3n) is 6.16. The first-order valence-electron chi connectivity index (χ1n) is 9.31. The molecule has 0 atom stereocenters. The predicted molar refractivity (Wildman–Crippen MR) is 103 cm³/mol. The molecule has 0 radical (unpaired) electrons. The van der Waals surface area contributed by atoms with Crippen molar-refractivity contribution in [3.63, 3.8) is 0 Å². The minimum absolute atomic E-state index is 0.189. The molecular weight excluding hydrogens is 362 g/mol. The Kier molecular flexibility index (Phi) is 3.06. The summed E-state index contributed by atoms with van der Waals surface area (Å²) in [5, 5.41) is 4.00. The van der Waals surface area contributed by atoms with Crippen LogP contribution in [0.5, 0.6) is 0 Å². The molecule has 1 saturated carbocycles. The van der Waals surface area contributed by atoms with Crippen molar-refractivity contribution in [1.82, 2.24) is 19.9 Å². The van der Waals surface area contributed by atoms with Gasteiger partial charge in [0.05, 0.1) is 40.9 Å². The van der Waals surface area contributed by atoms with Crippen LogP contribution < -0.4 is 10.2 Å². The Morgan fingerprint density at radius 3 is 2.85 bits per heavy atom. The first-order valence-corrected chi connectivity index (χ1v) is 9.69. The van der Waals surface area contributed by atoms with Gasteiger partial charge in [-0.3, -0.25) is 9.78 Å². The number of carbonyl (C=O) groups is 1. The number of anilines is 1. The second-order valence-corrected chi connectivity index (χ2v) is 8.15. The third-order valence-corrected chi connectivity index (χ3v) is 6.40. The van der Waals surface area contributed by atoms with E-state index in [0.717, 1.165) is 54.0 Å². The van der Waals surface area contributed by atoms with E-state index in [1.165, 1.54) is 0 Å². The average molecular weight is 380 g/mol. The van der Waals surface area contributed by atoms with E-state index in [9.17, 15) is 4.79 Å². The van der Waals surface area contributed by atoms with Gasteiger partial charge in [0, 0.05) is 24.3 Å². The zero-order valence-electron chi connectivity index (χ0n) is 14.7. The quantitative estimate of drug-likeness (QED) is 0.760. The first kappa shape index (κ1) is 15.6. The Morgan fingerprint density at radius 2 is 2.11 bits per heavy atom. The van der Waals surface area contributed by atoms with Crippen LogP contribution in [0, 0.1) is 0 Å². The summed E-state index contributed by atoms with van der Waals surface area (Å²) in [6, 6.07) is 8.17. The molecule has 1 spiro atoms. The van der Waals surface area contributed by atoms with Crippen molar-refractivity contribution >= 4 is 34.2 Å². The highest BCUT2D eigenvalue weighted by Gasteiger charge is 2.59. The SMILES string of the molecule is O=C1N(Cc2nc3cc(Cl)ccc3n2C2CNC2)c2cnccc2C12CC2. The van der Waals surface area contributed by atoms with E-state index in [-0.39, 0.29) is 11.3 Å². The van der Waals surface area contributed by atoms with Crippen molar-refractivity contribution in [2.45, 2.75) is 30.8 Å². The fourth-order valence-corrected chi connectivity index (χ4v) is 4.66. The summed E-state index contributed by atoms with van der Waals surface area (Å²) in [5.41, 5.74) is 3.70. The van der Waals surface area contributed by atoms with Gasteiger partial charge in [-0.15, -0.1) is 0 Å². The number of nitrogens with zero attached hydrogens (tertiary/aromatic N) is 4. The van der Waals surface area contributed by atoms with Crippen LogP contribution in [0.2, 0.25) is 5.02 Å². The smallest absolute Gasteiger partial charge is 0.238 e. The van der Waals surface area contributed by atoms with Crippen molar-refractivity contribution in [3.8, 4) is 0 Å². The van der Waals surface area contributed by atoms with Gasteiger partial charge in [-0.1, -0.05) is 11.6 Å². The monoisotopic (exact) mass is 379 g/mol. The van der Waals surface area contributed by atoms with Gasteiger partial charge in [0.2, 0.25) is 5.91 Å². The van der Waals surface area contributed by atoms with Gasteiger partial charge in [0.1, 0.15) is 5.82 Å². The van der Waals surface area contributed by atoms with E-state index in [0.29, 0.717) is 17.6 Å². The van der Waals surface area contributed by atoms with Crippen molar-refractivity contribution in [2.75, 3.05) is 18.0 Å². The fourth-order valence-electron chi connectivity index (χ4n) is 4.49. The lowest BCUT2D eigenvalue weighted by molar-refractivity contribution is -0.120. The molecule has 6 rings (SSSR count). The van der Waals surface area contributed by atoms with Crippen molar-refractivity contribution < 1.29 is 4.79 Å². The molecule has 2 fully saturated rings. The number of fused-ring (bicyclic) bond motifs is 3. The van der Waals surface area contributed by atoms with Crippen LogP contribution in [0.25, 0.3) is 11.0 Å². The summed E-state index contributed by atoms with van der Waals surface area (Å²) in [6.07, 6.45) is 5.46. The number of benzene rings is 1. The fraction of sp³-hybridized carbons (Fsp3) is 0.350. The molecule has 3 aliphatic rings. The highest BCUT2D eigenvalue weighted by Crippen LogP contribution is 2.57. The van der Waals surface area contributed by atoms with Gasteiger partial charge in [-0.25, -0.2) is 4.98 Å². The summed E-state index contributed by atoms with van der Waals surface area (Å²) in [6.45, 7) is 2.29.